The summed E-state index contributed by atoms with van der Waals surface area (Å²) < 4.78 is 0. The van der Waals surface area contributed by atoms with Crippen LogP contribution >= 0.6 is 11.6 Å². The van der Waals surface area contributed by atoms with Gasteiger partial charge in [-0.2, -0.15) is 0 Å². The molecule has 2 aromatic rings. The fourth-order valence-corrected chi connectivity index (χ4v) is 4.82. The van der Waals surface area contributed by atoms with Crippen molar-refractivity contribution in [3.05, 3.63) is 35.5 Å². The molecule has 0 saturated heterocycles. The number of nitrogens with zero attached hydrogens (tertiary/aromatic N) is 3. The fraction of sp³-hybridized carbons (Fsp3) is 0.625. The van der Waals surface area contributed by atoms with Gasteiger partial charge in [0.2, 0.25) is 0 Å². The zero-order valence-corrected chi connectivity index (χ0v) is 18.6. The van der Waals surface area contributed by atoms with Crippen LogP contribution in [0.2, 0.25) is 5.02 Å². The lowest BCUT2D eigenvalue weighted by Crippen LogP contribution is -2.37. The summed E-state index contributed by atoms with van der Waals surface area (Å²) in [6.45, 7) is 11.6. The zero-order valence-electron chi connectivity index (χ0n) is 17.8. The van der Waals surface area contributed by atoms with E-state index in [1.54, 1.807) is 0 Å². The van der Waals surface area contributed by atoms with Gasteiger partial charge in [-0.25, -0.2) is 0 Å². The average Bonchev–Trinajstić information content (AvgIpc) is 3.22. The van der Waals surface area contributed by atoms with Gasteiger partial charge in [0, 0.05) is 34.9 Å². The van der Waals surface area contributed by atoms with Gasteiger partial charge >= 0.3 is 0 Å². The van der Waals surface area contributed by atoms with Crippen LogP contribution in [0.1, 0.15) is 59.3 Å². The van der Waals surface area contributed by atoms with E-state index < -0.39 is 0 Å². The van der Waals surface area contributed by atoms with Gasteiger partial charge in [0.15, 0.2) is 0 Å². The van der Waals surface area contributed by atoms with Crippen molar-refractivity contribution < 1.29 is 0 Å². The van der Waals surface area contributed by atoms with Gasteiger partial charge < -0.3 is 9.80 Å². The molecule has 1 unspecified atom stereocenters. The first kappa shape index (κ1) is 21.4. The molecule has 0 N–H and O–H groups in total. The number of fused-ring (bicyclic) bond motifs is 1. The van der Waals surface area contributed by atoms with Crippen molar-refractivity contribution in [1.82, 2.24) is 9.88 Å². The highest BCUT2D eigenvalue weighted by molar-refractivity contribution is 6.31. The molecule has 1 aliphatic carbocycles. The van der Waals surface area contributed by atoms with Crippen molar-refractivity contribution >= 4 is 28.2 Å². The molecule has 1 aromatic carbocycles. The highest BCUT2D eigenvalue weighted by atomic mass is 35.5. The Kier molecular flexibility index (Phi) is 7.99. The van der Waals surface area contributed by atoms with E-state index in [0.29, 0.717) is 6.04 Å². The van der Waals surface area contributed by atoms with E-state index in [1.165, 1.54) is 56.1 Å². The molecule has 1 heterocycles. The van der Waals surface area contributed by atoms with Crippen molar-refractivity contribution in [3.63, 3.8) is 0 Å². The third-order valence-corrected chi connectivity index (χ3v) is 6.68. The van der Waals surface area contributed by atoms with Crippen molar-refractivity contribution in [2.24, 2.45) is 5.92 Å². The third kappa shape index (κ3) is 5.39. The molecule has 1 atom stereocenters. The molecule has 0 amide bonds. The maximum atomic E-state index is 6.22. The Morgan fingerprint density at radius 1 is 1.14 bits per heavy atom. The lowest BCUT2D eigenvalue weighted by molar-refractivity contribution is 0.292. The number of aromatic nitrogens is 1. The van der Waals surface area contributed by atoms with E-state index in [-0.39, 0.29) is 0 Å². The minimum Gasteiger partial charge on any atom is -0.368 e. The van der Waals surface area contributed by atoms with Gasteiger partial charge in [-0.15, -0.1) is 0 Å². The summed E-state index contributed by atoms with van der Waals surface area (Å²) in [5, 5.41) is 1.98. The summed E-state index contributed by atoms with van der Waals surface area (Å²) in [5.41, 5.74) is 2.32. The van der Waals surface area contributed by atoms with E-state index in [4.69, 9.17) is 11.6 Å². The Bertz CT molecular complexity index is 738. The van der Waals surface area contributed by atoms with Crippen molar-refractivity contribution in [1.29, 1.82) is 0 Å². The molecular weight excluding hydrogens is 366 g/mol. The van der Waals surface area contributed by atoms with Crippen LogP contribution in [0.15, 0.2) is 30.5 Å². The molecular formula is C24H36ClN3. The maximum Gasteiger partial charge on any atom is 0.0737 e. The summed E-state index contributed by atoms with van der Waals surface area (Å²) >= 11 is 6.22. The number of hydrogen-bond donors (Lipinski definition) is 0. The Morgan fingerprint density at radius 2 is 1.89 bits per heavy atom. The number of hydrogen-bond acceptors (Lipinski definition) is 3. The molecule has 1 fully saturated rings. The lowest BCUT2D eigenvalue weighted by Gasteiger charge is -2.35. The van der Waals surface area contributed by atoms with Gasteiger partial charge in [-0.05, 0) is 82.4 Å². The van der Waals surface area contributed by atoms with E-state index >= 15 is 0 Å². The summed E-state index contributed by atoms with van der Waals surface area (Å²) in [4.78, 5) is 9.75. The quantitative estimate of drug-likeness (QED) is 0.459. The van der Waals surface area contributed by atoms with Gasteiger partial charge in [0.25, 0.3) is 0 Å². The molecule has 3 rings (SSSR count). The molecule has 0 bridgehead atoms. The predicted molar refractivity (Wildman–Crippen MR) is 123 cm³/mol. The van der Waals surface area contributed by atoms with Crippen LogP contribution in [0.5, 0.6) is 0 Å². The Morgan fingerprint density at radius 3 is 2.61 bits per heavy atom. The summed E-state index contributed by atoms with van der Waals surface area (Å²) in [6.07, 6.45) is 9.94. The number of halogens is 1. The first-order valence-corrected chi connectivity index (χ1v) is 11.5. The monoisotopic (exact) mass is 401 g/mol. The van der Waals surface area contributed by atoms with Crippen LogP contribution in [0.4, 0.5) is 5.69 Å². The van der Waals surface area contributed by atoms with Crippen molar-refractivity contribution in [2.45, 2.75) is 65.3 Å². The molecule has 1 saturated carbocycles. The summed E-state index contributed by atoms with van der Waals surface area (Å²) in [7, 11) is 0. The average molecular weight is 402 g/mol. The summed E-state index contributed by atoms with van der Waals surface area (Å²) in [5.74, 6) is 0.820. The van der Waals surface area contributed by atoms with Crippen LogP contribution in [0.25, 0.3) is 10.9 Å². The van der Waals surface area contributed by atoms with Crippen LogP contribution in [-0.2, 0) is 0 Å². The topological polar surface area (TPSA) is 19.4 Å². The Hall–Kier alpha value is -1.32. The van der Waals surface area contributed by atoms with Crippen LogP contribution < -0.4 is 4.90 Å². The minimum atomic E-state index is 0.525. The maximum absolute atomic E-state index is 6.22. The minimum absolute atomic E-state index is 0.525. The van der Waals surface area contributed by atoms with Crippen LogP contribution in [0, 0.1) is 5.92 Å². The van der Waals surface area contributed by atoms with Crippen LogP contribution in [0.3, 0.4) is 0 Å². The van der Waals surface area contributed by atoms with Crippen molar-refractivity contribution in [3.8, 4) is 0 Å². The van der Waals surface area contributed by atoms with E-state index in [9.17, 15) is 0 Å². The second-order valence-corrected chi connectivity index (χ2v) is 8.75. The van der Waals surface area contributed by atoms with Gasteiger partial charge in [-0.1, -0.05) is 38.3 Å². The highest BCUT2D eigenvalue weighted by Gasteiger charge is 2.23. The largest absolute Gasteiger partial charge is 0.368 e. The molecule has 0 radical (unpaired) electrons. The highest BCUT2D eigenvalue weighted by Crippen LogP contribution is 2.33. The third-order valence-electron chi connectivity index (χ3n) is 6.44. The van der Waals surface area contributed by atoms with Gasteiger partial charge in [-0.3, -0.25) is 4.98 Å². The number of anilines is 1. The number of rotatable bonds is 10. The molecule has 28 heavy (non-hydrogen) atoms. The van der Waals surface area contributed by atoms with Gasteiger partial charge in [0.1, 0.15) is 0 Å². The predicted octanol–water partition coefficient (Wildman–Crippen LogP) is 6.40. The SMILES string of the molecule is CCN(CC)CCCC(C)N(CC1CCCC1)c1ccnc2cc(Cl)ccc12. The Labute approximate surface area is 176 Å². The number of pyridine rings is 1. The first-order chi connectivity index (χ1) is 13.6. The smallest absolute Gasteiger partial charge is 0.0737 e. The standard InChI is InChI=1S/C24H36ClN3/c1-4-27(5-2)16-8-9-19(3)28(18-20-10-6-7-11-20)24-14-15-26-23-17-21(25)12-13-22(23)24/h12-15,17,19-20H,4-11,16,18H2,1-3H3. The molecule has 3 nitrogen and oxygen atoms in total. The summed E-state index contributed by atoms with van der Waals surface area (Å²) in [6, 6.07) is 8.85. The fourth-order valence-electron chi connectivity index (χ4n) is 4.65. The first-order valence-electron chi connectivity index (χ1n) is 11.2. The van der Waals surface area contributed by atoms with E-state index in [2.05, 4.69) is 47.7 Å². The van der Waals surface area contributed by atoms with E-state index in [0.717, 1.165) is 36.1 Å². The molecule has 154 valence electrons. The molecule has 0 aliphatic heterocycles. The Balaban J connectivity index is 1.80. The molecule has 4 heteroatoms. The molecule has 1 aromatic heterocycles. The molecule has 1 aliphatic rings. The van der Waals surface area contributed by atoms with Crippen LogP contribution in [-0.4, -0.2) is 42.1 Å². The van der Waals surface area contributed by atoms with Crippen molar-refractivity contribution in [2.75, 3.05) is 31.1 Å². The van der Waals surface area contributed by atoms with Gasteiger partial charge in [0.05, 0.1) is 5.52 Å². The zero-order chi connectivity index (χ0) is 19.9. The normalized spacial score (nSPS) is 16.2. The second-order valence-electron chi connectivity index (χ2n) is 8.31. The molecule has 0 spiro atoms. The number of benzene rings is 1. The lowest BCUT2D eigenvalue weighted by atomic mass is 10.0. The second kappa shape index (κ2) is 10.5. The van der Waals surface area contributed by atoms with E-state index in [1.807, 2.05) is 18.3 Å².